The molecule has 0 spiro atoms. The summed E-state index contributed by atoms with van der Waals surface area (Å²) in [4.78, 5) is 0. The number of fused-ring (bicyclic) bond motifs is 1. The van der Waals surface area contributed by atoms with E-state index in [4.69, 9.17) is 4.74 Å². The molecule has 2 aliphatic rings. The Morgan fingerprint density at radius 3 is 3.11 bits per heavy atom. The van der Waals surface area contributed by atoms with Gasteiger partial charge in [-0.05, 0) is 25.3 Å². The second-order valence-electron chi connectivity index (χ2n) is 3.14. The molecule has 9 heavy (non-hydrogen) atoms. The normalized spacial score (nSPS) is 48.3. The van der Waals surface area contributed by atoms with Gasteiger partial charge in [0, 0.05) is 13.7 Å². The lowest BCUT2D eigenvalue weighted by atomic mass is 10.1. The molecular weight excluding hydrogens is 114 g/mol. The highest BCUT2D eigenvalue weighted by atomic mass is 16.5. The van der Waals surface area contributed by atoms with Gasteiger partial charge in [0.15, 0.2) is 0 Å². The van der Waals surface area contributed by atoms with Gasteiger partial charge in [-0.2, -0.15) is 0 Å². The third kappa shape index (κ3) is 0.700. The maximum absolute atomic E-state index is 5.39. The zero-order valence-corrected chi connectivity index (χ0v) is 5.81. The van der Waals surface area contributed by atoms with E-state index in [9.17, 15) is 0 Å². The van der Waals surface area contributed by atoms with Crippen molar-refractivity contribution in [1.82, 2.24) is 5.32 Å². The first-order valence-electron chi connectivity index (χ1n) is 3.63. The van der Waals surface area contributed by atoms with Crippen LogP contribution in [-0.2, 0) is 4.74 Å². The lowest BCUT2D eigenvalue weighted by Gasteiger charge is -2.20. The quantitative estimate of drug-likeness (QED) is 0.550. The Labute approximate surface area is 55.6 Å². The maximum Gasteiger partial charge on any atom is 0.0835 e. The first-order valence-corrected chi connectivity index (χ1v) is 3.63. The van der Waals surface area contributed by atoms with Crippen LogP contribution in [-0.4, -0.2) is 25.8 Å². The van der Waals surface area contributed by atoms with E-state index in [1.165, 1.54) is 19.4 Å². The molecule has 2 nitrogen and oxygen atoms in total. The Morgan fingerprint density at radius 2 is 2.56 bits per heavy atom. The lowest BCUT2D eigenvalue weighted by molar-refractivity contribution is 0.0545. The Balaban J connectivity index is 2.01. The van der Waals surface area contributed by atoms with Gasteiger partial charge < -0.3 is 10.1 Å². The van der Waals surface area contributed by atoms with E-state index in [2.05, 4.69) is 5.32 Å². The zero-order chi connectivity index (χ0) is 6.32. The van der Waals surface area contributed by atoms with E-state index in [1.54, 1.807) is 0 Å². The second-order valence-corrected chi connectivity index (χ2v) is 3.14. The van der Waals surface area contributed by atoms with Crippen LogP contribution in [0.5, 0.6) is 0 Å². The molecule has 1 N–H and O–H groups in total. The Morgan fingerprint density at radius 1 is 1.67 bits per heavy atom. The van der Waals surface area contributed by atoms with Gasteiger partial charge in [-0.1, -0.05) is 0 Å². The fourth-order valence-electron chi connectivity index (χ4n) is 1.84. The molecule has 1 saturated heterocycles. The summed E-state index contributed by atoms with van der Waals surface area (Å²) in [6.07, 6.45) is 2.60. The number of hydrogen-bond donors (Lipinski definition) is 1. The van der Waals surface area contributed by atoms with Crippen LogP contribution in [0.3, 0.4) is 0 Å². The third-order valence-corrected chi connectivity index (χ3v) is 2.68. The van der Waals surface area contributed by atoms with Crippen LogP contribution < -0.4 is 5.32 Å². The molecule has 1 aliphatic heterocycles. The van der Waals surface area contributed by atoms with Crippen LogP contribution in [0.2, 0.25) is 0 Å². The molecule has 1 saturated carbocycles. The Kier molecular flexibility index (Phi) is 1.08. The van der Waals surface area contributed by atoms with E-state index < -0.39 is 0 Å². The van der Waals surface area contributed by atoms with Crippen molar-refractivity contribution in [3.8, 4) is 0 Å². The van der Waals surface area contributed by atoms with Crippen molar-refractivity contribution in [2.24, 2.45) is 5.92 Å². The van der Waals surface area contributed by atoms with Crippen LogP contribution >= 0.6 is 0 Å². The Hall–Kier alpha value is -0.0800. The first-order chi connectivity index (χ1) is 4.37. The number of rotatable bonds is 1. The van der Waals surface area contributed by atoms with E-state index in [0.717, 1.165) is 12.5 Å². The van der Waals surface area contributed by atoms with Crippen molar-refractivity contribution < 1.29 is 4.74 Å². The molecule has 2 fully saturated rings. The highest BCUT2D eigenvalue weighted by molar-refractivity contribution is 5.08. The average molecular weight is 127 g/mol. The molecule has 0 aromatic rings. The number of hydrogen-bond acceptors (Lipinski definition) is 2. The highest BCUT2D eigenvalue weighted by Crippen LogP contribution is 2.49. The smallest absolute Gasteiger partial charge is 0.0835 e. The molecule has 0 amide bonds. The standard InChI is InChI=1S/C7H13NO/c1-9-7-4-6(7)2-3-8-5-7/h6,8H,2-5H2,1H3. The van der Waals surface area contributed by atoms with Gasteiger partial charge >= 0.3 is 0 Å². The summed E-state index contributed by atoms with van der Waals surface area (Å²) in [6.45, 7) is 2.27. The van der Waals surface area contributed by atoms with Crippen LogP contribution in [0.1, 0.15) is 12.8 Å². The van der Waals surface area contributed by atoms with Crippen LogP contribution in [0, 0.1) is 5.92 Å². The molecular formula is C7H13NO. The first kappa shape index (κ1) is 5.69. The molecule has 0 aromatic heterocycles. The molecule has 52 valence electrons. The number of methoxy groups -OCH3 is 1. The van der Waals surface area contributed by atoms with Gasteiger partial charge in [-0.3, -0.25) is 0 Å². The van der Waals surface area contributed by atoms with Crippen molar-refractivity contribution in [3.05, 3.63) is 0 Å². The zero-order valence-electron chi connectivity index (χ0n) is 5.81. The van der Waals surface area contributed by atoms with E-state index in [-0.39, 0.29) is 5.60 Å². The third-order valence-electron chi connectivity index (χ3n) is 2.68. The van der Waals surface area contributed by atoms with Crippen LogP contribution in [0.25, 0.3) is 0 Å². The topological polar surface area (TPSA) is 21.3 Å². The minimum absolute atomic E-state index is 0.276. The number of ether oxygens (including phenoxy) is 1. The minimum atomic E-state index is 0.276. The molecule has 1 aliphatic carbocycles. The molecule has 1 heterocycles. The summed E-state index contributed by atoms with van der Waals surface area (Å²) >= 11 is 0. The summed E-state index contributed by atoms with van der Waals surface area (Å²) in [5.74, 6) is 0.878. The molecule has 2 rings (SSSR count). The van der Waals surface area contributed by atoms with E-state index in [1.807, 2.05) is 7.11 Å². The van der Waals surface area contributed by atoms with Gasteiger partial charge in [0.2, 0.25) is 0 Å². The van der Waals surface area contributed by atoms with Crippen molar-refractivity contribution >= 4 is 0 Å². The average Bonchev–Trinajstić information content (AvgIpc) is 2.62. The van der Waals surface area contributed by atoms with Crippen molar-refractivity contribution in [3.63, 3.8) is 0 Å². The summed E-state index contributed by atoms with van der Waals surface area (Å²) in [5, 5.41) is 3.34. The molecule has 2 unspecified atom stereocenters. The summed E-state index contributed by atoms with van der Waals surface area (Å²) < 4.78 is 5.39. The monoisotopic (exact) mass is 127 g/mol. The fraction of sp³-hybridized carbons (Fsp3) is 1.00. The molecule has 0 radical (unpaired) electrons. The SMILES string of the molecule is COC12CNCCC1C2. The van der Waals surface area contributed by atoms with Crippen molar-refractivity contribution in [2.45, 2.75) is 18.4 Å². The van der Waals surface area contributed by atoms with Crippen molar-refractivity contribution in [1.29, 1.82) is 0 Å². The summed E-state index contributed by atoms with van der Waals surface area (Å²) in [5.41, 5.74) is 0.276. The van der Waals surface area contributed by atoms with Gasteiger partial charge in [-0.25, -0.2) is 0 Å². The van der Waals surface area contributed by atoms with Gasteiger partial charge in [-0.15, -0.1) is 0 Å². The number of piperidine rings is 1. The number of nitrogens with one attached hydrogen (secondary N) is 1. The Bertz CT molecular complexity index is 126. The summed E-state index contributed by atoms with van der Waals surface area (Å²) in [6, 6.07) is 0. The molecule has 2 atom stereocenters. The van der Waals surface area contributed by atoms with Crippen molar-refractivity contribution in [2.75, 3.05) is 20.2 Å². The van der Waals surface area contributed by atoms with Crippen LogP contribution in [0.15, 0.2) is 0 Å². The van der Waals surface area contributed by atoms with Gasteiger partial charge in [0.25, 0.3) is 0 Å². The van der Waals surface area contributed by atoms with E-state index >= 15 is 0 Å². The second kappa shape index (κ2) is 1.70. The molecule has 0 aromatic carbocycles. The maximum atomic E-state index is 5.39. The summed E-state index contributed by atoms with van der Waals surface area (Å²) in [7, 11) is 1.83. The minimum Gasteiger partial charge on any atom is -0.377 e. The van der Waals surface area contributed by atoms with Gasteiger partial charge in [0.1, 0.15) is 0 Å². The lowest BCUT2D eigenvalue weighted by Crippen LogP contribution is -2.37. The highest BCUT2D eigenvalue weighted by Gasteiger charge is 2.55. The molecule has 2 heteroatoms. The predicted octanol–water partition coefficient (Wildman–Crippen LogP) is 0.385. The van der Waals surface area contributed by atoms with Crippen LogP contribution in [0.4, 0.5) is 0 Å². The molecule has 0 bridgehead atoms. The van der Waals surface area contributed by atoms with E-state index in [0.29, 0.717) is 0 Å². The largest absolute Gasteiger partial charge is 0.377 e. The predicted molar refractivity (Wildman–Crippen MR) is 35.3 cm³/mol. The fourth-order valence-corrected chi connectivity index (χ4v) is 1.84. The van der Waals surface area contributed by atoms with Gasteiger partial charge in [0.05, 0.1) is 5.60 Å².